The van der Waals surface area contributed by atoms with Gasteiger partial charge in [-0.1, -0.05) is 36.4 Å². The van der Waals surface area contributed by atoms with Crippen molar-refractivity contribution in [3.63, 3.8) is 0 Å². The molecule has 1 aromatic carbocycles. The summed E-state index contributed by atoms with van der Waals surface area (Å²) in [5.74, 6) is 0. The molecule has 2 rings (SSSR count). The standard InChI is InChI=1S/C17H24N2S/c1-14(17-11-7-13-20-17)19(2)12-6-10-16(18)15-8-4-3-5-9-15/h3-5,7-9,11,13-14,16H,6,10,12,18H2,1-2H3. The number of nitrogens with zero attached hydrogens (tertiary/aromatic N) is 1. The van der Waals surface area contributed by atoms with Crippen molar-refractivity contribution in [1.29, 1.82) is 0 Å². The molecule has 0 aliphatic carbocycles. The Morgan fingerprint density at radius 3 is 2.55 bits per heavy atom. The molecule has 0 amide bonds. The monoisotopic (exact) mass is 288 g/mol. The second-order valence-electron chi connectivity index (χ2n) is 5.33. The predicted octanol–water partition coefficient (Wildman–Crippen LogP) is 4.22. The Kier molecular flexibility index (Phi) is 5.77. The van der Waals surface area contributed by atoms with E-state index in [-0.39, 0.29) is 6.04 Å². The zero-order valence-corrected chi connectivity index (χ0v) is 13.1. The van der Waals surface area contributed by atoms with E-state index in [1.807, 2.05) is 17.4 Å². The molecule has 0 radical (unpaired) electrons. The van der Waals surface area contributed by atoms with Crippen LogP contribution in [0.5, 0.6) is 0 Å². The third kappa shape index (κ3) is 4.17. The van der Waals surface area contributed by atoms with Gasteiger partial charge in [-0.15, -0.1) is 11.3 Å². The quantitative estimate of drug-likeness (QED) is 0.826. The number of rotatable bonds is 7. The summed E-state index contributed by atoms with van der Waals surface area (Å²) in [6.45, 7) is 3.35. The second-order valence-corrected chi connectivity index (χ2v) is 6.31. The van der Waals surface area contributed by atoms with Gasteiger partial charge < -0.3 is 5.73 Å². The SMILES string of the molecule is CC(c1cccs1)N(C)CCCC(N)c1ccccc1. The lowest BCUT2D eigenvalue weighted by Crippen LogP contribution is -2.24. The molecule has 1 aromatic heterocycles. The highest BCUT2D eigenvalue weighted by atomic mass is 32.1. The van der Waals surface area contributed by atoms with Crippen LogP contribution in [0.1, 0.15) is 42.3 Å². The van der Waals surface area contributed by atoms with E-state index in [1.54, 1.807) is 0 Å². The molecule has 0 spiro atoms. The highest BCUT2D eigenvalue weighted by Crippen LogP contribution is 2.24. The zero-order valence-electron chi connectivity index (χ0n) is 12.3. The number of benzene rings is 1. The van der Waals surface area contributed by atoms with E-state index < -0.39 is 0 Å². The third-order valence-corrected chi connectivity index (χ3v) is 4.91. The van der Waals surface area contributed by atoms with Gasteiger partial charge in [0, 0.05) is 17.0 Å². The third-order valence-electron chi connectivity index (χ3n) is 3.87. The van der Waals surface area contributed by atoms with Gasteiger partial charge in [0.15, 0.2) is 0 Å². The van der Waals surface area contributed by atoms with Gasteiger partial charge in [-0.25, -0.2) is 0 Å². The van der Waals surface area contributed by atoms with Crippen LogP contribution in [-0.4, -0.2) is 18.5 Å². The first kappa shape index (κ1) is 15.2. The lowest BCUT2D eigenvalue weighted by Gasteiger charge is -2.24. The van der Waals surface area contributed by atoms with Crippen LogP contribution >= 0.6 is 11.3 Å². The second kappa shape index (κ2) is 7.58. The van der Waals surface area contributed by atoms with Gasteiger partial charge >= 0.3 is 0 Å². The summed E-state index contributed by atoms with van der Waals surface area (Å²) in [4.78, 5) is 3.84. The van der Waals surface area contributed by atoms with Crippen LogP contribution in [0, 0.1) is 0 Å². The number of nitrogens with two attached hydrogens (primary N) is 1. The van der Waals surface area contributed by atoms with Gasteiger partial charge in [-0.05, 0) is 50.4 Å². The molecule has 0 aliphatic heterocycles. The summed E-state index contributed by atoms with van der Waals surface area (Å²) in [5, 5.41) is 2.14. The predicted molar refractivity (Wildman–Crippen MR) is 88.0 cm³/mol. The average molecular weight is 288 g/mol. The summed E-state index contributed by atoms with van der Waals surface area (Å²) in [6.07, 6.45) is 2.16. The van der Waals surface area contributed by atoms with E-state index >= 15 is 0 Å². The lowest BCUT2D eigenvalue weighted by atomic mass is 10.0. The molecule has 108 valence electrons. The summed E-state index contributed by atoms with van der Waals surface area (Å²) in [7, 11) is 2.19. The molecule has 2 nitrogen and oxygen atoms in total. The topological polar surface area (TPSA) is 29.3 Å². The van der Waals surface area contributed by atoms with Crippen molar-refractivity contribution in [1.82, 2.24) is 4.90 Å². The van der Waals surface area contributed by atoms with Crippen LogP contribution in [-0.2, 0) is 0 Å². The fourth-order valence-electron chi connectivity index (χ4n) is 2.37. The summed E-state index contributed by atoms with van der Waals surface area (Å²) < 4.78 is 0. The molecule has 0 bridgehead atoms. The van der Waals surface area contributed by atoms with Crippen LogP contribution in [0.4, 0.5) is 0 Å². The Balaban J connectivity index is 1.75. The van der Waals surface area contributed by atoms with E-state index in [1.165, 1.54) is 10.4 Å². The van der Waals surface area contributed by atoms with Crippen molar-refractivity contribution >= 4 is 11.3 Å². The summed E-state index contributed by atoms with van der Waals surface area (Å²) in [5.41, 5.74) is 7.47. The van der Waals surface area contributed by atoms with Crippen LogP contribution < -0.4 is 5.73 Å². The molecular formula is C17H24N2S. The Hall–Kier alpha value is -1.16. The first-order valence-electron chi connectivity index (χ1n) is 7.22. The van der Waals surface area contributed by atoms with E-state index in [4.69, 9.17) is 5.73 Å². The van der Waals surface area contributed by atoms with Crippen molar-refractivity contribution in [2.75, 3.05) is 13.6 Å². The average Bonchev–Trinajstić information content (AvgIpc) is 3.01. The highest BCUT2D eigenvalue weighted by Gasteiger charge is 2.13. The maximum Gasteiger partial charge on any atom is 0.0410 e. The molecule has 1 heterocycles. The van der Waals surface area contributed by atoms with Gasteiger partial charge in [-0.3, -0.25) is 4.90 Å². The smallest absolute Gasteiger partial charge is 0.0410 e. The lowest BCUT2D eigenvalue weighted by molar-refractivity contribution is 0.257. The minimum atomic E-state index is 0.154. The number of hydrogen-bond acceptors (Lipinski definition) is 3. The van der Waals surface area contributed by atoms with Crippen molar-refractivity contribution < 1.29 is 0 Å². The Bertz CT molecular complexity index is 481. The van der Waals surface area contributed by atoms with E-state index in [0.717, 1.165) is 19.4 Å². The minimum absolute atomic E-state index is 0.154. The summed E-state index contributed by atoms with van der Waals surface area (Å²) >= 11 is 1.83. The van der Waals surface area contributed by atoms with Crippen LogP contribution in [0.3, 0.4) is 0 Å². The van der Waals surface area contributed by atoms with Crippen molar-refractivity contribution in [2.45, 2.75) is 31.8 Å². The van der Waals surface area contributed by atoms with Gasteiger partial charge in [0.1, 0.15) is 0 Å². The molecule has 2 atom stereocenters. The van der Waals surface area contributed by atoms with Crippen molar-refractivity contribution in [2.24, 2.45) is 5.73 Å². The van der Waals surface area contributed by atoms with Crippen molar-refractivity contribution in [3.8, 4) is 0 Å². The fraction of sp³-hybridized carbons (Fsp3) is 0.412. The maximum atomic E-state index is 6.24. The van der Waals surface area contributed by atoms with Crippen LogP contribution in [0.2, 0.25) is 0 Å². The molecule has 2 unspecified atom stereocenters. The van der Waals surface area contributed by atoms with Gasteiger partial charge in [0.05, 0.1) is 0 Å². The fourth-order valence-corrected chi connectivity index (χ4v) is 3.22. The minimum Gasteiger partial charge on any atom is -0.324 e. The van der Waals surface area contributed by atoms with E-state index in [2.05, 4.69) is 60.6 Å². The van der Waals surface area contributed by atoms with E-state index in [9.17, 15) is 0 Å². The molecule has 0 aliphatic rings. The van der Waals surface area contributed by atoms with Crippen molar-refractivity contribution in [3.05, 3.63) is 58.3 Å². The molecule has 20 heavy (non-hydrogen) atoms. The largest absolute Gasteiger partial charge is 0.324 e. The number of hydrogen-bond donors (Lipinski definition) is 1. The molecule has 3 heteroatoms. The normalized spacial score (nSPS) is 14.4. The molecule has 0 fully saturated rings. The Morgan fingerprint density at radius 1 is 1.15 bits per heavy atom. The van der Waals surface area contributed by atoms with Gasteiger partial charge in [-0.2, -0.15) is 0 Å². The summed E-state index contributed by atoms with van der Waals surface area (Å²) in [6, 6.07) is 15.3. The van der Waals surface area contributed by atoms with Gasteiger partial charge in [0.2, 0.25) is 0 Å². The molecule has 0 saturated heterocycles. The maximum absolute atomic E-state index is 6.24. The highest BCUT2D eigenvalue weighted by molar-refractivity contribution is 7.10. The number of thiophene rings is 1. The molecular weight excluding hydrogens is 264 g/mol. The Morgan fingerprint density at radius 2 is 1.90 bits per heavy atom. The van der Waals surface area contributed by atoms with Crippen LogP contribution in [0.15, 0.2) is 47.8 Å². The Labute approximate surface area is 126 Å². The van der Waals surface area contributed by atoms with Crippen LogP contribution in [0.25, 0.3) is 0 Å². The first-order chi connectivity index (χ1) is 9.68. The molecule has 2 N–H and O–H groups in total. The molecule has 2 aromatic rings. The molecule has 0 saturated carbocycles. The van der Waals surface area contributed by atoms with E-state index in [0.29, 0.717) is 6.04 Å². The zero-order chi connectivity index (χ0) is 14.4. The van der Waals surface area contributed by atoms with Gasteiger partial charge in [0.25, 0.3) is 0 Å². The first-order valence-corrected chi connectivity index (χ1v) is 8.10.